The SMILES string of the molecule is COCCOCCOC(=O)c1ccccc1-c1c2ccc(=N)cc-2oc2cc(N)ccc12. The molecule has 7 heteroatoms. The molecule has 3 N–H and O–H groups in total. The van der Waals surface area contributed by atoms with Crippen LogP contribution in [0.5, 0.6) is 0 Å². The predicted molar refractivity (Wildman–Crippen MR) is 122 cm³/mol. The number of rotatable bonds is 8. The topological polar surface area (TPSA) is 108 Å². The van der Waals surface area contributed by atoms with Crippen LogP contribution in [0.4, 0.5) is 5.69 Å². The molecular formula is C25H24N2O5. The zero-order valence-electron chi connectivity index (χ0n) is 17.7. The molecule has 1 aliphatic heterocycles. The van der Waals surface area contributed by atoms with Crippen LogP contribution < -0.4 is 11.1 Å². The van der Waals surface area contributed by atoms with Crippen LogP contribution in [0.2, 0.25) is 0 Å². The monoisotopic (exact) mass is 432 g/mol. The first-order valence-corrected chi connectivity index (χ1v) is 10.2. The maximum Gasteiger partial charge on any atom is 0.338 e. The average molecular weight is 432 g/mol. The van der Waals surface area contributed by atoms with E-state index in [-0.39, 0.29) is 6.61 Å². The number of benzene rings is 3. The summed E-state index contributed by atoms with van der Waals surface area (Å²) in [6.07, 6.45) is 0. The Labute approximate surface area is 185 Å². The second-order valence-electron chi connectivity index (χ2n) is 7.23. The lowest BCUT2D eigenvalue weighted by molar-refractivity contribution is 0.0214. The van der Waals surface area contributed by atoms with Crippen molar-refractivity contribution in [2.45, 2.75) is 0 Å². The van der Waals surface area contributed by atoms with Crippen molar-refractivity contribution in [1.29, 1.82) is 5.41 Å². The summed E-state index contributed by atoms with van der Waals surface area (Å²) >= 11 is 0. The number of esters is 1. The van der Waals surface area contributed by atoms with Gasteiger partial charge in [0.25, 0.3) is 0 Å². The molecule has 164 valence electrons. The van der Waals surface area contributed by atoms with Gasteiger partial charge in [-0.3, -0.25) is 0 Å². The molecule has 1 aliphatic carbocycles. The molecule has 0 saturated carbocycles. The predicted octanol–water partition coefficient (Wildman–Crippen LogP) is 4.09. The van der Waals surface area contributed by atoms with Crippen molar-refractivity contribution >= 4 is 22.6 Å². The van der Waals surface area contributed by atoms with Gasteiger partial charge in [-0.05, 0) is 35.9 Å². The van der Waals surface area contributed by atoms with E-state index in [0.29, 0.717) is 53.3 Å². The Morgan fingerprint density at radius 2 is 1.78 bits per heavy atom. The van der Waals surface area contributed by atoms with Crippen LogP contribution in [0.1, 0.15) is 10.4 Å². The summed E-state index contributed by atoms with van der Waals surface area (Å²) in [7, 11) is 1.60. The molecule has 0 atom stereocenters. The smallest absolute Gasteiger partial charge is 0.338 e. The Balaban J connectivity index is 1.76. The number of fused-ring (bicyclic) bond motifs is 2. The lowest BCUT2D eigenvalue weighted by Gasteiger charge is -2.17. The largest absolute Gasteiger partial charge is 0.460 e. The molecule has 4 rings (SSSR count). The minimum absolute atomic E-state index is 0.140. The molecule has 0 bridgehead atoms. The normalized spacial score (nSPS) is 11.2. The van der Waals surface area contributed by atoms with Crippen molar-refractivity contribution in [1.82, 2.24) is 0 Å². The van der Waals surface area contributed by atoms with Gasteiger partial charge in [0.05, 0.1) is 30.7 Å². The minimum atomic E-state index is -0.439. The molecule has 0 saturated heterocycles. The van der Waals surface area contributed by atoms with Gasteiger partial charge in [-0.2, -0.15) is 0 Å². The molecule has 0 unspecified atom stereocenters. The summed E-state index contributed by atoms with van der Waals surface area (Å²) in [6.45, 7) is 1.36. The van der Waals surface area contributed by atoms with E-state index in [4.69, 9.17) is 29.8 Å². The highest BCUT2D eigenvalue weighted by molar-refractivity contribution is 6.08. The number of carbonyl (C=O) groups excluding carboxylic acids is 1. The van der Waals surface area contributed by atoms with E-state index in [0.717, 1.165) is 16.5 Å². The van der Waals surface area contributed by atoms with Crippen LogP contribution in [-0.4, -0.2) is 39.5 Å². The van der Waals surface area contributed by atoms with E-state index in [1.54, 1.807) is 43.5 Å². The molecule has 0 radical (unpaired) electrons. The zero-order chi connectivity index (χ0) is 22.5. The quantitative estimate of drug-likeness (QED) is 0.188. The van der Waals surface area contributed by atoms with Gasteiger partial charge in [0.1, 0.15) is 18.0 Å². The summed E-state index contributed by atoms with van der Waals surface area (Å²) in [6, 6.07) is 17.9. The van der Waals surface area contributed by atoms with Crippen molar-refractivity contribution in [3.63, 3.8) is 0 Å². The lowest BCUT2D eigenvalue weighted by Crippen LogP contribution is -2.13. The standard InChI is InChI=1S/C25H24N2O5/c1-29-10-11-30-12-13-31-25(28)19-5-3-2-4-18(19)24-20-8-6-16(26)14-22(20)32-23-15-17(27)7-9-21(23)24/h2-9,14-15,26H,10-13,27H2,1H3. The summed E-state index contributed by atoms with van der Waals surface area (Å²) in [5.74, 6) is 0.103. The van der Waals surface area contributed by atoms with Crippen LogP contribution >= 0.6 is 0 Å². The van der Waals surface area contributed by atoms with Crippen LogP contribution in [0.25, 0.3) is 33.4 Å². The van der Waals surface area contributed by atoms with Gasteiger partial charge in [-0.25, -0.2) is 4.79 Å². The van der Waals surface area contributed by atoms with E-state index in [2.05, 4.69) is 0 Å². The highest BCUT2D eigenvalue weighted by Crippen LogP contribution is 2.41. The Hall–Kier alpha value is -3.68. The molecule has 2 aromatic carbocycles. The van der Waals surface area contributed by atoms with Crippen molar-refractivity contribution in [3.8, 4) is 22.5 Å². The summed E-state index contributed by atoms with van der Waals surface area (Å²) in [4.78, 5) is 12.9. The highest BCUT2D eigenvalue weighted by atomic mass is 16.6. The fraction of sp³-hybridized carbons (Fsp3) is 0.200. The second kappa shape index (κ2) is 9.64. The number of methoxy groups -OCH3 is 1. The third kappa shape index (κ3) is 4.49. The minimum Gasteiger partial charge on any atom is -0.460 e. The Morgan fingerprint density at radius 3 is 2.62 bits per heavy atom. The Morgan fingerprint density at radius 1 is 0.969 bits per heavy atom. The Kier molecular flexibility index (Phi) is 6.49. The van der Waals surface area contributed by atoms with Crippen molar-refractivity contribution < 1.29 is 23.4 Å². The number of anilines is 1. The molecule has 0 fully saturated rings. The molecular weight excluding hydrogens is 408 g/mol. The number of carbonyl (C=O) groups is 1. The van der Waals surface area contributed by atoms with Crippen molar-refractivity contribution in [3.05, 3.63) is 71.6 Å². The van der Waals surface area contributed by atoms with Gasteiger partial charge >= 0.3 is 5.97 Å². The fourth-order valence-electron chi connectivity index (χ4n) is 3.59. The molecule has 0 aromatic heterocycles. The van der Waals surface area contributed by atoms with Crippen molar-refractivity contribution in [2.75, 3.05) is 39.3 Å². The summed E-state index contributed by atoms with van der Waals surface area (Å²) in [5.41, 5.74) is 9.88. The number of hydrogen-bond acceptors (Lipinski definition) is 7. The first-order valence-electron chi connectivity index (χ1n) is 10.2. The van der Waals surface area contributed by atoms with Gasteiger partial charge in [0, 0.05) is 41.4 Å². The maximum atomic E-state index is 12.9. The summed E-state index contributed by atoms with van der Waals surface area (Å²) in [5, 5.41) is 9.11. The van der Waals surface area contributed by atoms with E-state index in [9.17, 15) is 4.79 Å². The molecule has 32 heavy (non-hydrogen) atoms. The third-order valence-electron chi connectivity index (χ3n) is 5.05. The molecule has 0 amide bonds. The van der Waals surface area contributed by atoms with E-state index < -0.39 is 5.97 Å². The van der Waals surface area contributed by atoms with Crippen LogP contribution in [0.3, 0.4) is 0 Å². The number of nitrogen functional groups attached to an aromatic ring is 1. The molecule has 1 heterocycles. The zero-order valence-corrected chi connectivity index (χ0v) is 17.7. The van der Waals surface area contributed by atoms with Gasteiger partial charge < -0.3 is 29.8 Å². The number of nitrogens with one attached hydrogen (secondary N) is 1. The molecule has 2 aromatic rings. The van der Waals surface area contributed by atoms with E-state index in [1.807, 2.05) is 24.3 Å². The summed E-state index contributed by atoms with van der Waals surface area (Å²) < 4.78 is 21.8. The fourth-order valence-corrected chi connectivity index (χ4v) is 3.59. The maximum absolute atomic E-state index is 12.9. The van der Waals surface area contributed by atoms with Gasteiger partial charge in [0.15, 0.2) is 0 Å². The lowest BCUT2D eigenvalue weighted by atomic mass is 9.90. The van der Waals surface area contributed by atoms with Crippen molar-refractivity contribution in [2.24, 2.45) is 0 Å². The number of ether oxygens (including phenoxy) is 3. The first kappa shape index (κ1) is 21.5. The van der Waals surface area contributed by atoms with Gasteiger partial charge in [-0.15, -0.1) is 0 Å². The van der Waals surface area contributed by atoms with Crippen LogP contribution in [-0.2, 0) is 14.2 Å². The second-order valence-corrected chi connectivity index (χ2v) is 7.23. The molecule has 2 aliphatic rings. The molecule has 7 nitrogen and oxygen atoms in total. The number of nitrogens with two attached hydrogens (primary N) is 1. The molecule has 0 spiro atoms. The Bertz CT molecular complexity index is 1280. The highest BCUT2D eigenvalue weighted by Gasteiger charge is 2.22. The van der Waals surface area contributed by atoms with Crippen LogP contribution in [0, 0.1) is 5.41 Å². The third-order valence-corrected chi connectivity index (χ3v) is 5.05. The van der Waals surface area contributed by atoms with Crippen LogP contribution in [0.15, 0.2) is 65.1 Å². The van der Waals surface area contributed by atoms with Gasteiger partial charge in [0.2, 0.25) is 0 Å². The van der Waals surface area contributed by atoms with E-state index in [1.165, 1.54) is 0 Å². The average Bonchev–Trinajstić information content (AvgIpc) is 2.79. The van der Waals surface area contributed by atoms with E-state index >= 15 is 0 Å². The number of hydrogen-bond donors (Lipinski definition) is 2. The van der Waals surface area contributed by atoms with Gasteiger partial charge in [-0.1, -0.05) is 18.2 Å². The first-order chi connectivity index (χ1) is 15.6.